The lowest BCUT2D eigenvalue weighted by Crippen LogP contribution is -2.37. The third kappa shape index (κ3) is 5.11. The normalized spacial score (nSPS) is 11.1. The number of nitrogens with one attached hydrogen (secondary N) is 1. The Bertz CT molecular complexity index is 1550. The molecule has 36 heavy (non-hydrogen) atoms. The smallest absolute Gasteiger partial charge is 0.280 e. The summed E-state index contributed by atoms with van der Waals surface area (Å²) in [6.45, 7) is 3.27. The lowest BCUT2D eigenvalue weighted by molar-refractivity contribution is -0.122. The van der Waals surface area contributed by atoms with Crippen molar-refractivity contribution in [2.45, 2.75) is 26.4 Å². The molecule has 0 saturated heterocycles. The van der Waals surface area contributed by atoms with Crippen molar-refractivity contribution in [3.8, 4) is 28.4 Å². The second kappa shape index (κ2) is 10.2. The molecule has 0 aliphatic rings. The van der Waals surface area contributed by atoms with Gasteiger partial charge in [0.25, 0.3) is 5.56 Å². The topological polar surface area (TPSA) is 103 Å². The van der Waals surface area contributed by atoms with Gasteiger partial charge in [-0.25, -0.2) is 14.4 Å². The first-order valence-corrected chi connectivity index (χ1v) is 11.4. The molecule has 8 nitrogen and oxygen atoms in total. The highest BCUT2D eigenvalue weighted by Crippen LogP contribution is 2.27. The van der Waals surface area contributed by atoms with Crippen molar-refractivity contribution in [2.24, 2.45) is 0 Å². The monoisotopic (exact) mass is 508 g/mol. The van der Waals surface area contributed by atoms with E-state index in [0.717, 1.165) is 0 Å². The molecule has 0 spiro atoms. The minimum absolute atomic E-state index is 0.0253. The molecule has 0 fully saturated rings. The number of halogens is 2. The highest BCUT2D eigenvalue weighted by molar-refractivity contribution is 6.31. The molecule has 0 atom stereocenters. The van der Waals surface area contributed by atoms with E-state index in [1.54, 1.807) is 44.2 Å². The van der Waals surface area contributed by atoms with Crippen molar-refractivity contribution in [3.63, 3.8) is 0 Å². The number of hydrogen-bond acceptors (Lipinski definition) is 6. The van der Waals surface area contributed by atoms with Crippen LogP contribution < -0.4 is 15.6 Å². The van der Waals surface area contributed by atoms with Crippen LogP contribution in [0.4, 0.5) is 4.39 Å². The van der Waals surface area contributed by atoms with Gasteiger partial charge in [0.15, 0.2) is 5.52 Å². The highest BCUT2D eigenvalue weighted by atomic mass is 35.5. The first kappa shape index (κ1) is 25.0. The van der Waals surface area contributed by atoms with Gasteiger partial charge in [-0.3, -0.25) is 19.0 Å². The van der Waals surface area contributed by atoms with Gasteiger partial charge in [0.05, 0.1) is 23.3 Å². The van der Waals surface area contributed by atoms with Crippen LogP contribution in [0.2, 0.25) is 5.02 Å². The Kier molecular flexibility index (Phi) is 7.12. The van der Waals surface area contributed by atoms with Gasteiger partial charge in [-0.15, -0.1) is 0 Å². The number of aromatic nitrogens is 3. The molecule has 184 valence electrons. The molecule has 4 aromatic rings. The van der Waals surface area contributed by atoms with Crippen molar-refractivity contribution in [1.82, 2.24) is 19.9 Å². The average Bonchev–Trinajstić information content (AvgIpc) is 2.86. The fraction of sp³-hybridized carbons (Fsp3) is 0.192. The zero-order valence-electron chi connectivity index (χ0n) is 19.7. The Morgan fingerprint density at radius 3 is 2.58 bits per heavy atom. The molecule has 2 heterocycles. The summed E-state index contributed by atoms with van der Waals surface area (Å²) in [6.07, 6.45) is 0.690. The number of carbonyl (C=O) groups excluding carboxylic acids is 2. The summed E-state index contributed by atoms with van der Waals surface area (Å²) in [5, 5.41) is 2.61. The van der Waals surface area contributed by atoms with Crippen molar-refractivity contribution in [2.75, 3.05) is 7.11 Å². The Morgan fingerprint density at radius 2 is 1.92 bits per heavy atom. The maximum atomic E-state index is 13.8. The number of nitrogens with zero attached hydrogens (tertiary/aromatic N) is 3. The molecule has 2 aromatic heterocycles. The van der Waals surface area contributed by atoms with E-state index in [0.29, 0.717) is 34.4 Å². The summed E-state index contributed by atoms with van der Waals surface area (Å²) in [6, 6.07) is 12.0. The first-order valence-electron chi connectivity index (χ1n) is 11.0. The summed E-state index contributed by atoms with van der Waals surface area (Å²) in [4.78, 5) is 46.6. The maximum absolute atomic E-state index is 13.8. The largest absolute Gasteiger partial charge is 0.497 e. The molecular formula is C26H22ClFN4O4. The average molecular weight is 509 g/mol. The van der Waals surface area contributed by atoms with E-state index in [1.165, 1.54) is 29.9 Å². The van der Waals surface area contributed by atoms with Crippen LogP contribution in [0, 0.1) is 5.82 Å². The van der Waals surface area contributed by atoms with Crippen LogP contribution in [0.25, 0.3) is 33.7 Å². The van der Waals surface area contributed by atoms with Gasteiger partial charge in [-0.2, -0.15) is 0 Å². The van der Waals surface area contributed by atoms with E-state index in [1.807, 2.05) is 0 Å². The number of ether oxygens (including phenoxy) is 1. The Hall–Kier alpha value is -4.11. The number of carbonyl (C=O) groups is 2. The van der Waals surface area contributed by atoms with Gasteiger partial charge in [0.2, 0.25) is 5.91 Å². The molecule has 0 saturated carbocycles. The summed E-state index contributed by atoms with van der Waals surface area (Å²) < 4.78 is 20.2. The van der Waals surface area contributed by atoms with Gasteiger partial charge in [0.1, 0.15) is 30.2 Å². The van der Waals surface area contributed by atoms with E-state index in [-0.39, 0.29) is 34.5 Å². The lowest BCUT2D eigenvalue weighted by atomic mass is 10.1. The van der Waals surface area contributed by atoms with E-state index in [9.17, 15) is 18.8 Å². The van der Waals surface area contributed by atoms with E-state index < -0.39 is 17.3 Å². The number of amides is 1. The quantitative estimate of drug-likeness (QED) is 0.374. The van der Waals surface area contributed by atoms with E-state index >= 15 is 0 Å². The predicted molar refractivity (Wildman–Crippen MR) is 135 cm³/mol. The summed E-state index contributed by atoms with van der Waals surface area (Å²) in [5.74, 6) is -0.414. The molecule has 1 N–H and O–H groups in total. The Morgan fingerprint density at radius 1 is 1.14 bits per heavy atom. The van der Waals surface area contributed by atoms with Gasteiger partial charge >= 0.3 is 0 Å². The molecule has 4 rings (SSSR count). The Labute approximate surface area is 210 Å². The van der Waals surface area contributed by atoms with Crippen LogP contribution in [-0.2, 0) is 11.3 Å². The first-order chi connectivity index (χ1) is 17.2. The van der Waals surface area contributed by atoms with Crippen LogP contribution in [0.5, 0.6) is 5.75 Å². The van der Waals surface area contributed by atoms with Crippen molar-refractivity contribution in [1.29, 1.82) is 0 Å². The number of aldehydes is 1. The van der Waals surface area contributed by atoms with Crippen molar-refractivity contribution >= 4 is 34.8 Å². The zero-order valence-corrected chi connectivity index (χ0v) is 20.5. The number of fused-ring (bicyclic) bond motifs is 1. The molecule has 0 unspecified atom stereocenters. The van der Waals surface area contributed by atoms with Gasteiger partial charge in [-0.1, -0.05) is 11.6 Å². The standard InChI is InChI=1S/C26H22ClFN4O4/c1-14(2)29-23(34)12-32-25(16-4-5-20(28)19(27)11-16)31-22-7-6-21(30-24(22)26(32)35)17-8-15(13-33)9-18(10-17)36-3/h4-11,13-14H,12H2,1-3H3,(H,29,34). The number of hydrogen-bond donors (Lipinski definition) is 1. The third-order valence-corrected chi connectivity index (χ3v) is 5.62. The highest BCUT2D eigenvalue weighted by Gasteiger charge is 2.19. The summed E-state index contributed by atoms with van der Waals surface area (Å²) in [5.41, 5.74) is 1.47. The van der Waals surface area contributed by atoms with E-state index in [4.69, 9.17) is 16.3 Å². The second-order valence-corrected chi connectivity index (χ2v) is 8.76. The molecular weight excluding hydrogens is 487 g/mol. The van der Waals surface area contributed by atoms with Crippen LogP contribution in [0.1, 0.15) is 24.2 Å². The number of pyridine rings is 1. The van der Waals surface area contributed by atoms with E-state index in [2.05, 4.69) is 15.3 Å². The maximum Gasteiger partial charge on any atom is 0.280 e. The fourth-order valence-electron chi connectivity index (χ4n) is 3.73. The minimum atomic E-state index is -0.619. The minimum Gasteiger partial charge on any atom is -0.497 e. The van der Waals surface area contributed by atoms with Crippen molar-refractivity contribution < 1.29 is 18.7 Å². The van der Waals surface area contributed by atoms with Gasteiger partial charge in [0, 0.05) is 22.7 Å². The number of rotatable bonds is 7. The van der Waals surface area contributed by atoms with Crippen molar-refractivity contribution in [3.05, 3.63) is 75.3 Å². The molecule has 0 bridgehead atoms. The van der Waals surface area contributed by atoms with Crippen LogP contribution in [0.15, 0.2) is 53.3 Å². The molecule has 0 aliphatic carbocycles. The number of benzene rings is 2. The third-order valence-electron chi connectivity index (χ3n) is 5.33. The Balaban J connectivity index is 1.93. The molecule has 0 radical (unpaired) electrons. The molecule has 0 aliphatic heterocycles. The molecule has 2 aromatic carbocycles. The van der Waals surface area contributed by atoms with Crippen LogP contribution in [-0.4, -0.2) is 39.9 Å². The van der Waals surface area contributed by atoms with Crippen LogP contribution >= 0.6 is 11.6 Å². The molecule has 1 amide bonds. The zero-order chi connectivity index (χ0) is 26.0. The summed E-state index contributed by atoms with van der Waals surface area (Å²) in [7, 11) is 1.48. The summed E-state index contributed by atoms with van der Waals surface area (Å²) >= 11 is 5.97. The fourth-order valence-corrected chi connectivity index (χ4v) is 3.91. The van der Waals surface area contributed by atoms with Gasteiger partial charge < -0.3 is 10.1 Å². The van der Waals surface area contributed by atoms with Crippen LogP contribution in [0.3, 0.4) is 0 Å². The predicted octanol–water partition coefficient (Wildman–Crippen LogP) is 4.26. The second-order valence-electron chi connectivity index (χ2n) is 8.35. The molecule has 10 heteroatoms. The SMILES string of the molecule is COc1cc(C=O)cc(-c2ccc3nc(-c4ccc(F)c(Cl)c4)n(CC(=O)NC(C)C)c(=O)c3n2)c1. The van der Waals surface area contributed by atoms with Gasteiger partial charge in [-0.05, 0) is 62.4 Å². The number of methoxy groups -OCH3 is 1. The lowest BCUT2D eigenvalue weighted by Gasteiger charge is -2.15.